The second kappa shape index (κ2) is 9.35. The maximum Gasteiger partial charge on any atom is 0.326 e. The number of esters is 1. The lowest BCUT2D eigenvalue weighted by Crippen LogP contribution is -2.55. The summed E-state index contributed by atoms with van der Waals surface area (Å²) in [5.74, 6) is -0.145. The molecule has 1 unspecified atom stereocenters. The standard InChI is InChI=1S/C16H34N2O2/c1-8-11-18(14(5)6)12-10-16(7,17-13(3)4)15(19)20-9-2/h13-14,17H,8-12H2,1-7H3. The molecule has 20 heavy (non-hydrogen) atoms. The third-order valence-corrected chi connectivity index (χ3v) is 3.47. The molecule has 0 bridgehead atoms. The van der Waals surface area contributed by atoms with E-state index < -0.39 is 5.54 Å². The molecule has 0 aliphatic carbocycles. The largest absolute Gasteiger partial charge is 0.465 e. The second-order valence-corrected chi connectivity index (χ2v) is 6.23. The van der Waals surface area contributed by atoms with Gasteiger partial charge in [0.15, 0.2) is 0 Å². The summed E-state index contributed by atoms with van der Waals surface area (Å²) >= 11 is 0. The lowest BCUT2D eigenvalue weighted by atomic mass is 9.96. The molecule has 4 heteroatoms. The molecule has 120 valence electrons. The van der Waals surface area contributed by atoms with Crippen LogP contribution >= 0.6 is 0 Å². The number of nitrogens with zero attached hydrogens (tertiary/aromatic N) is 1. The van der Waals surface area contributed by atoms with Crippen LogP contribution in [0.25, 0.3) is 0 Å². The predicted octanol–water partition coefficient (Wildman–Crippen LogP) is 2.82. The molecular formula is C16H34N2O2. The molecule has 0 saturated heterocycles. The first-order chi connectivity index (χ1) is 9.26. The van der Waals surface area contributed by atoms with Gasteiger partial charge in [-0.2, -0.15) is 0 Å². The van der Waals surface area contributed by atoms with Crippen molar-refractivity contribution in [2.24, 2.45) is 0 Å². The summed E-state index contributed by atoms with van der Waals surface area (Å²) in [5.41, 5.74) is -0.606. The number of carbonyl (C=O) groups excluding carboxylic acids is 1. The minimum Gasteiger partial charge on any atom is -0.465 e. The van der Waals surface area contributed by atoms with Crippen molar-refractivity contribution in [1.29, 1.82) is 0 Å². The number of hydrogen-bond acceptors (Lipinski definition) is 4. The van der Waals surface area contributed by atoms with Crippen molar-refractivity contribution in [3.63, 3.8) is 0 Å². The lowest BCUT2D eigenvalue weighted by Gasteiger charge is -2.34. The zero-order chi connectivity index (χ0) is 15.8. The number of hydrogen-bond donors (Lipinski definition) is 1. The number of ether oxygens (including phenoxy) is 1. The van der Waals surface area contributed by atoms with E-state index in [0.29, 0.717) is 12.6 Å². The summed E-state index contributed by atoms with van der Waals surface area (Å²) < 4.78 is 5.24. The minimum atomic E-state index is -0.606. The van der Waals surface area contributed by atoms with E-state index in [-0.39, 0.29) is 12.0 Å². The summed E-state index contributed by atoms with van der Waals surface area (Å²) in [6.45, 7) is 16.9. The van der Waals surface area contributed by atoms with Crippen molar-refractivity contribution in [2.45, 2.75) is 78.9 Å². The van der Waals surface area contributed by atoms with E-state index in [4.69, 9.17) is 4.74 Å². The van der Waals surface area contributed by atoms with Crippen LogP contribution in [0.2, 0.25) is 0 Å². The van der Waals surface area contributed by atoms with Gasteiger partial charge in [-0.15, -0.1) is 0 Å². The Balaban J connectivity index is 4.75. The first-order valence-electron chi connectivity index (χ1n) is 7.95. The van der Waals surface area contributed by atoms with Gasteiger partial charge in [0.25, 0.3) is 0 Å². The summed E-state index contributed by atoms with van der Waals surface area (Å²) in [4.78, 5) is 14.7. The highest BCUT2D eigenvalue weighted by Crippen LogP contribution is 2.16. The molecule has 0 radical (unpaired) electrons. The smallest absolute Gasteiger partial charge is 0.326 e. The van der Waals surface area contributed by atoms with Gasteiger partial charge in [0, 0.05) is 18.6 Å². The Kier molecular flexibility index (Phi) is 9.06. The van der Waals surface area contributed by atoms with Crippen molar-refractivity contribution in [2.75, 3.05) is 19.7 Å². The van der Waals surface area contributed by atoms with Crippen LogP contribution in [0.4, 0.5) is 0 Å². The molecule has 0 saturated carbocycles. The molecule has 0 amide bonds. The van der Waals surface area contributed by atoms with E-state index in [1.54, 1.807) is 0 Å². The SMILES string of the molecule is CCCN(CCC(C)(NC(C)C)C(=O)OCC)C(C)C. The van der Waals surface area contributed by atoms with E-state index in [0.717, 1.165) is 25.9 Å². The third kappa shape index (κ3) is 6.71. The normalized spacial score (nSPS) is 14.9. The van der Waals surface area contributed by atoms with Gasteiger partial charge >= 0.3 is 5.97 Å². The zero-order valence-electron chi connectivity index (χ0n) is 14.5. The third-order valence-electron chi connectivity index (χ3n) is 3.47. The van der Waals surface area contributed by atoms with Crippen molar-refractivity contribution in [3.05, 3.63) is 0 Å². The van der Waals surface area contributed by atoms with Crippen LogP contribution in [0.5, 0.6) is 0 Å². The Morgan fingerprint density at radius 2 is 1.80 bits per heavy atom. The Morgan fingerprint density at radius 3 is 2.20 bits per heavy atom. The molecule has 0 aromatic carbocycles. The average Bonchev–Trinajstić information content (AvgIpc) is 2.33. The highest BCUT2D eigenvalue weighted by molar-refractivity contribution is 5.80. The van der Waals surface area contributed by atoms with Gasteiger partial charge in [-0.05, 0) is 60.9 Å². The first-order valence-corrected chi connectivity index (χ1v) is 7.95. The molecular weight excluding hydrogens is 252 g/mol. The summed E-state index contributed by atoms with van der Waals surface area (Å²) in [6.07, 6.45) is 1.90. The van der Waals surface area contributed by atoms with E-state index in [9.17, 15) is 4.79 Å². The second-order valence-electron chi connectivity index (χ2n) is 6.23. The Bertz CT molecular complexity index is 280. The molecule has 1 atom stereocenters. The molecule has 0 aliphatic rings. The van der Waals surface area contributed by atoms with E-state index >= 15 is 0 Å². The van der Waals surface area contributed by atoms with Gasteiger partial charge in [-0.1, -0.05) is 6.92 Å². The molecule has 0 aliphatic heterocycles. The Labute approximate surface area is 125 Å². The van der Waals surface area contributed by atoms with Crippen molar-refractivity contribution in [1.82, 2.24) is 10.2 Å². The molecule has 0 aromatic rings. The number of nitrogens with one attached hydrogen (secondary N) is 1. The number of rotatable bonds is 10. The van der Waals surface area contributed by atoms with Gasteiger partial charge in [-0.25, -0.2) is 0 Å². The number of carbonyl (C=O) groups is 1. The Morgan fingerprint density at radius 1 is 1.20 bits per heavy atom. The van der Waals surface area contributed by atoms with Gasteiger partial charge in [0.1, 0.15) is 5.54 Å². The predicted molar refractivity (Wildman–Crippen MR) is 84.9 cm³/mol. The lowest BCUT2D eigenvalue weighted by molar-refractivity contribution is -0.151. The van der Waals surface area contributed by atoms with Crippen LogP contribution in [0.15, 0.2) is 0 Å². The summed E-state index contributed by atoms with van der Waals surface area (Å²) in [7, 11) is 0. The molecule has 4 nitrogen and oxygen atoms in total. The van der Waals surface area contributed by atoms with Crippen LogP contribution in [0.1, 0.15) is 61.3 Å². The van der Waals surface area contributed by atoms with Crippen molar-refractivity contribution < 1.29 is 9.53 Å². The molecule has 1 N–H and O–H groups in total. The fourth-order valence-electron chi connectivity index (χ4n) is 2.44. The zero-order valence-corrected chi connectivity index (χ0v) is 14.5. The van der Waals surface area contributed by atoms with Gasteiger partial charge in [0.05, 0.1) is 6.61 Å². The average molecular weight is 286 g/mol. The van der Waals surface area contributed by atoms with Gasteiger partial charge in [0.2, 0.25) is 0 Å². The van der Waals surface area contributed by atoms with Gasteiger partial charge in [-0.3, -0.25) is 10.1 Å². The molecule has 0 spiro atoms. The van der Waals surface area contributed by atoms with Crippen LogP contribution in [0, 0.1) is 0 Å². The van der Waals surface area contributed by atoms with Crippen LogP contribution < -0.4 is 5.32 Å². The van der Waals surface area contributed by atoms with Crippen molar-refractivity contribution >= 4 is 5.97 Å². The van der Waals surface area contributed by atoms with E-state index in [1.807, 2.05) is 13.8 Å². The molecule has 0 aromatic heterocycles. The van der Waals surface area contributed by atoms with Crippen LogP contribution in [0.3, 0.4) is 0 Å². The maximum atomic E-state index is 12.2. The Hall–Kier alpha value is -0.610. The maximum absolute atomic E-state index is 12.2. The van der Waals surface area contributed by atoms with Crippen LogP contribution in [-0.4, -0.2) is 48.2 Å². The van der Waals surface area contributed by atoms with E-state index in [1.165, 1.54) is 0 Å². The van der Waals surface area contributed by atoms with Crippen molar-refractivity contribution in [3.8, 4) is 0 Å². The van der Waals surface area contributed by atoms with E-state index in [2.05, 4.69) is 44.8 Å². The molecule has 0 rings (SSSR count). The fourth-order valence-corrected chi connectivity index (χ4v) is 2.44. The molecule has 0 heterocycles. The first kappa shape index (κ1) is 19.4. The van der Waals surface area contributed by atoms with Gasteiger partial charge < -0.3 is 9.64 Å². The highest BCUT2D eigenvalue weighted by Gasteiger charge is 2.35. The highest BCUT2D eigenvalue weighted by atomic mass is 16.5. The monoisotopic (exact) mass is 286 g/mol. The topological polar surface area (TPSA) is 41.6 Å². The summed E-state index contributed by atoms with van der Waals surface area (Å²) in [6, 6.07) is 0.753. The van der Waals surface area contributed by atoms with Crippen LogP contribution in [-0.2, 0) is 9.53 Å². The summed E-state index contributed by atoms with van der Waals surface area (Å²) in [5, 5.41) is 3.38. The minimum absolute atomic E-state index is 0.145. The fraction of sp³-hybridized carbons (Fsp3) is 0.938. The molecule has 0 fully saturated rings. The quantitative estimate of drug-likeness (QED) is 0.627.